The molecule has 2 aromatic rings. The van der Waals surface area contributed by atoms with Crippen molar-refractivity contribution >= 4 is 29.6 Å². The molecular formula is C20H16N2O6. The molecule has 2 heterocycles. The van der Waals surface area contributed by atoms with E-state index in [0.29, 0.717) is 29.4 Å². The van der Waals surface area contributed by atoms with Gasteiger partial charge in [0.2, 0.25) is 6.79 Å². The van der Waals surface area contributed by atoms with Crippen molar-refractivity contribution in [3.05, 3.63) is 53.6 Å². The highest BCUT2D eigenvalue weighted by molar-refractivity contribution is 6.39. The Morgan fingerprint density at radius 3 is 2.71 bits per heavy atom. The number of carbonyl (C=O) groups excluding carboxylic acids is 3. The number of fused-ring (bicyclic) bond motifs is 1. The summed E-state index contributed by atoms with van der Waals surface area (Å²) in [5.41, 5.74) is 0.649. The molecule has 0 aromatic heterocycles. The molecule has 2 aliphatic heterocycles. The van der Waals surface area contributed by atoms with Crippen molar-refractivity contribution in [3.8, 4) is 17.2 Å². The Balaban J connectivity index is 1.73. The Morgan fingerprint density at radius 1 is 1.11 bits per heavy atom. The van der Waals surface area contributed by atoms with Crippen LogP contribution in [0.2, 0.25) is 0 Å². The summed E-state index contributed by atoms with van der Waals surface area (Å²) in [5, 5.41) is 2.19. The van der Waals surface area contributed by atoms with Crippen LogP contribution in [0.5, 0.6) is 17.2 Å². The topological polar surface area (TPSA) is 94.2 Å². The molecule has 0 saturated carbocycles. The summed E-state index contributed by atoms with van der Waals surface area (Å²) in [4.78, 5) is 38.5. The second kappa shape index (κ2) is 7.07. The highest BCUT2D eigenvalue weighted by Crippen LogP contribution is 2.36. The van der Waals surface area contributed by atoms with Crippen LogP contribution < -0.4 is 24.4 Å². The summed E-state index contributed by atoms with van der Waals surface area (Å²) >= 11 is 0. The zero-order chi connectivity index (χ0) is 19.7. The molecule has 0 unspecified atom stereocenters. The van der Waals surface area contributed by atoms with Crippen molar-refractivity contribution in [1.82, 2.24) is 5.32 Å². The number of benzene rings is 2. The molecule has 2 aliphatic rings. The van der Waals surface area contributed by atoms with Crippen LogP contribution in [-0.4, -0.2) is 31.2 Å². The molecule has 142 valence electrons. The summed E-state index contributed by atoms with van der Waals surface area (Å²) < 4.78 is 16.1. The molecule has 0 aliphatic carbocycles. The minimum atomic E-state index is -0.830. The number of barbiturate groups is 1. The van der Waals surface area contributed by atoms with E-state index in [1.807, 2.05) is 6.92 Å². The quantitative estimate of drug-likeness (QED) is 0.647. The first-order valence-corrected chi connectivity index (χ1v) is 8.61. The predicted octanol–water partition coefficient (Wildman–Crippen LogP) is 2.48. The van der Waals surface area contributed by atoms with Crippen LogP contribution >= 0.6 is 0 Å². The number of para-hydroxylation sites is 1. The van der Waals surface area contributed by atoms with Gasteiger partial charge in [0.1, 0.15) is 11.3 Å². The van der Waals surface area contributed by atoms with Gasteiger partial charge in [-0.3, -0.25) is 14.9 Å². The van der Waals surface area contributed by atoms with Crippen molar-refractivity contribution < 1.29 is 28.6 Å². The number of nitrogens with one attached hydrogen (secondary N) is 1. The van der Waals surface area contributed by atoms with E-state index in [1.54, 1.807) is 36.4 Å². The molecule has 1 saturated heterocycles. The normalized spacial score (nSPS) is 17.1. The van der Waals surface area contributed by atoms with Gasteiger partial charge in [0.15, 0.2) is 11.5 Å². The molecule has 2 aromatic carbocycles. The van der Waals surface area contributed by atoms with E-state index in [2.05, 4.69) is 5.32 Å². The zero-order valence-electron chi connectivity index (χ0n) is 14.9. The SMILES string of the molecule is CCOc1ccccc1/C=C1\C(=O)NC(=O)N(c2ccc3c(c2)OCO3)C1=O. The Bertz CT molecular complexity index is 1010. The summed E-state index contributed by atoms with van der Waals surface area (Å²) in [7, 11) is 0. The third-order valence-corrected chi connectivity index (χ3v) is 4.23. The van der Waals surface area contributed by atoms with E-state index in [0.717, 1.165) is 4.90 Å². The van der Waals surface area contributed by atoms with E-state index in [1.165, 1.54) is 12.1 Å². The second-order valence-electron chi connectivity index (χ2n) is 5.97. The third-order valence-electron chi connectivity index (χ3n) is 4.23. The van der Waals surface area contributed by atoms with Gasteiger partial charge in [-0.2, -0.15) is 0 Å². The monoisotopic (exact) mass is 380 g/mol. The lowest BCUT2D eigenvalue weighted by Crippen LogP contribution is -2.54. The van der Waals surface area contributed by atoms with Crippen LogP contribution in [0.3, 0.4) is 0 Å². The number of imide groups is 2. The van der Waals surface area contributed by atoms with Crippen molar-refractivity contribution in [2.75, 3.05) is 18.3 Å². The molecule has 0 bridgehead atoms. The van der Waals surface area contributed by atoms with Gasteiger partial charge in [-0.25, -0.2) is 9.69 Å². The number of hydrogen-bond acceptors (Lipinski definition) is 6. The fourth-order valence-electron chi connectivity index (χ4n) is 2.96. The molecule has 4 rings (SSSR count). The van der Waals surface area contributed by atoms with Crippen LogP contribution in [0.15, 0.2) is 48.0 Å². The van der Waals surface area contributed by atoms with Crippen LogP contribution in [0, 0.1) is 0 Å². The first-order chi connectivity index (χ1) is 13.6. The number of anilines is 1. The lowest BCUT2D eigenvalue weighted by Gasteiger charge is -2.26. The Morgan fingerprint density at radius 2 is 1.89 bits per heavy atom. The first-order valence-electron chi connectivity index (χ1n) is 8.61. The standard InChI is InChI=1S/C20H16N2O6/c1-2-26-15-6-4-3-5-12(15)9-14-18(23)21-20(25)22(19(14)24)13-7-8-16-17(10-13)28-11-27-16/h3-10H,2,11H2,1H3,(H,21,23,25)/b14-9+. The van der Waals surface area contributed by atoms with Crippen molar-refractivity contribution in [1.29, 1.82) is 0 Å². The summed E-state index contributed by atoms with van der Waals surface area (Å²) in [6.45, 7) is 2.33. The van der Waals surface area contributed by atoms with E-state index in [4.69, 9.17) is 14.2 Å². The van der Waals surface area contributed by atoms with E-state index in [9.17, 15) is 14.4 Å². The Hall–Kier alpha value is -3.81. The lowest BCUT2D eigenvalue weighted by atomic mass is 10.1. The fourth-order valence-corrected chi connectivity index (χ4v) is 2.96. The van der Waals surface area contributed by atoms with Gasteiger partial charge in [0, 0.05) is 11.6 Å². The van der Waals surface area contributed by atoms with Crippen LogP contribution in [0.4, 0.5) is 10.5 Å². The number of ether oxygens (including phenoxy) is 3. The van der Waals surface area contributed by atoms with Gasteiger partial charge in [0.05, 0.1) is 12.3 Å². The number of urea groups is 1. The molecule has 0 atom stereocenters. The molecule has 0 spiro atoms. The maximum absolute atomic E-state index is 13.0. The molecule has 1 fully saturated rings. The molecule has 1 N–H and O–H groups in total. The molecule has 8 nitrogen and oxygen atoms in total. The second-order valence-corrected chi connectivity index (χ2v) is 5.97. The van der Waals surface area contributed by atoms with Crippen LogP contribution in [0.1, 0.15) is 12.5 Å². The minimum Gasteiger partial charge on any atom is -0.493 e. The van der Waals surface area contributed by atoms with Crippen LogP contribution in [0.25, 0.3) is 6.08 Å². The van der Waals surface area contributed by atoms with E-state index < -0.39 is 17.8 Å². The van der Waals surface area contributed by atoms with E-state index >= 15 is 0 Å². The van der Waals surface area contributed by atoms with Gasteiger partial charge in [-0.1, -0.05) is 18.2 Å². The number of nitrogens with zero attached hydrogens (tertiary/aromatic N) is 1. The number of rotatable bonds is 4. The van der Waals surface area contributed by atoms with Crippen molar-refractivity contribution in [2.24, 2.45) is 0 Å². The molecule has 8 heteroatoms. The first kappa shape index (κ1) is 17.6. The van der Waals surface area contributed by atoms with Gasteiger partial charge < -0.3 is 14.2 Å². The maximum Gasteiger partial charge on any atom is 0.335 e. The van der Waals surface area contributed by atoms with Gasteiger partial charge >= 0.3 is 6.03 Å². The highest BCUT2D eigenvalue weighted by Gasteiger charge is 2.37. The molecular weight excluding hydrogens is 364 g/mol. The summed E-state index contributed by atoms with van der Waals surface area (Å²) in [6.07, 6.45) is 1.41. The third kappa shape index (κ3) is 3.05. The predicted molar refractivity (Wildman–Crippen MR) is 99.2 cm³/mol. The maximum atomic E-state index is 13.0. The average Bonchev–Trinajstić information content (AvgIpc) is 3.14. The van der Waals surface area contributed by atoms with Crippen molar-refractivity contribution in [3.63, 3.8) is 0 Å². The van der Waals surface area contributed by atoms with Gasteiger partial charge in [-0.05, 0) is 31.2 Å². The number of hydrogen-bond donors (Lipinski definition) is 1. The zero-order valence-corrected chi connectivity index (χ0v) is 14.9. The van der Waals surface area contributed by atoms with Crippen molar-refractivity contribution in [2.45, 2.75) is 6.92 Å². The minimum absolute atomic E-state index is 0.0663. The highest BCUT2D eigenvalue weighted by atomic mass is 16.7. The van der Waals surface area contributed by atoms with E-state index in [-0.39, 0.29) is 18.1 Å². The fraction of sp³-hybridized carbons (Fsp3) is 0.150. The molecule has 28 heavy (non-hydrogen) atoms. The number of carbonyl (C=O) groups is 3. The lowest BCUT2D eigenvalue weighted by molar-refractivity contribution is -0.122. The average molecular weight is 380 g/mol. The molecule has 4 amide bonds. The van der Waals surface area contributed by atoms with Gasteiger partial charge in [-0.15, -0.1) is 0 Å². The summed E-state index contributed by atoms with van der Waals surface area (Å²) in [6, 6.07) is 10.8. The summed E-state index contributed by atoms with van der Waals surface area (Å²) in [5.74, 6) is -0.0323. The molecule has 0 radical (unpaired) electrons. The smallest absolute Gasteiger partial charge is 0.335 e. The van der Waals surface area contributed by atoms with Gasteiger partial charge in [0.25, 0.3) is 11.8 Å². The Labute approximate surface area is 160 Å². The largest absolute Gasteiger partial charge is 0.493 e. The van der Waals surface area contributed by atoms with Crippen LogP contribution in [-0.2, 0) is 9.59 Å². The Kier molecular flexibility index (Phi) is 4.44. The number of amides is 4.